The summed E-state index contributed by atoms with van der Waals surface area (Å²) in [6, 6.07) is 16.0. The Kier molecular flexibility index (Phi) is 6.25. The number of carbonyl (C=O) groups excluding carboxylic acids is 3. The highest BCUT2D eigenvalue weighted by atomic mass is 16.5. The van der Waals surface area contributed by atoms with Crippen LogP contribution in [0.15, 0.2) is 54.6 Å². The summed E-state index contributed by atoms with van der Waals surface area (Å²) >= 11 is 0. The van der Waals surface area contributed by atoms with Crippen molar-refractivity contribution < 1.29 is 19.1 Å². The number of rotatable bonds is 7. The second-order valence-corrected chi connectivity index (χ2v) is 5.37. The lowest BCUT2D eigenvalue weighted by molar-refractivity contribution is -0.143. The van der Waals surface area contributed by atoms with Crippen LogP contribution in [0.3, 0.4) is 0 Å². The number of aryl methyl sites for hydroxylation is 1. The summed E-state index contributed by atoms with van der Waals surface area (Å²) in [5.74, 6) is -1.11. The van der Waals surface area contributed by atoms with E-state index in [0.717, 1.165) is 5.56 Å². The monoisotopic (exact) mass is 325 g/mol. The topological polar surface area (TPSA) is 72.5 Å². The Morgan fingerprint density at radius 2 is 1.71 bits per heavy atom. The molecule has 24 heavy (non-hydrogen) atoms. The Bertz CT molecular complexity index is 725. The molecule has 0 unspecified atom stereocenters. The molecule has 0 bridgehead atoms. The number of ether oxygens (including phenoxy) is 1. The lowest BCUT2D eigenvalue weighted by Crippen LogP contribution is -2.17. The van der Waals surface area contributed by atoms with Crippen molar-refractivity contribution in [3.63, 3.8) is 0 Å². The molecule has 0 aliphatic heterocycles. The molecule has 2 aromatic rings. The van der Waals surface area contributed by atoms with Gasteiger partial charge >= 0.3 is 5.97 Å². The molecule has 0 radical (unpaired) electrons. The third kappa shape index (κ3) is 5.68. The number of benzene rings is 2. The van der Waals surface area contributed by atoms with Crippen molar-refractivity contribution in [1.82, 2.24) is 0 Å². The van der Waals surface area contributed by atoms with E-state index >= 15 is 0 Å². The van der Waals surface area contributed by atoms with Crippen LogP contribution in [0, 0.1) is 6.92 Å². The third-order valence-corrected chi connectivity index (χ3v) is 3.32. The quantitative estimate of drug-likeness (QED) is 0.627. The van der Waals surface area contributed by atoms with Gasteiger partial charge in [0.1, 0.15) is 0 Å². The number of hydrogen-bond donors (Lipinski definition) is 1. The van der Waals surface area contributed by atoms with E-state index in [1.165, 1.54) is 0 Å². The summed E-state index contributed by atoms with van der Waals surface area (Å²) < 4.78 is 4.91. The van der Waals surface area contributed by atoms with Gasteiger partial charge in [-0.25, -0.2) is 0 Å². The Balaban J connectivity index is 1.71. The number of carbonyl (C=O) groups is 3. The van der Waals surface area contributed by atoms with Gasteiger partial charge in [-0.3, -0.25) is 14.4 Å². The van der Waals surface area contributed by atoms with Crippen molar-refractivity contribution >= 4 is 23.3 Å². The van der Waals surface area contributed by atoms with Gasteiger partial charge in [0.05, 0.1) is 6.42 Å². The largest absolute Gasteiger partial charge is 0.457 e. The van der Waals surface area contributed by atoms with Crippen molar-refractivity contribution in [2.24, 2.45) is 0 Å². The molecular formula is C19H19NO4. The highest BCUT2D eigenvalue weighted by Crippen LogP contribution is 2.10. The molecule has 0 aromatic heterocycles. The summed E-state index contributed by atoms with van der Waals surface area (Å²) in [4.78, 5) is 35.2. The number of esters is 1. The van der Waals surface area contributed by atoms with E-state index in [1.807, 2.05) is 25.1 Å². The minimum atomic E-state index is -0.571. The highest BCUT2D eigenvalue weighted by Gasteiger charge is 2.11. The zero-order chi connectivity index (χ0) is 17.4. The Hall–Kier alpha value is -2.95. The number of ketones is 1. The highest BCUT2D eigenvalue weighted by molar-refractivity contribution is 5.98. The smallest absolute Gasteiger partial charge is 0.306 e. The number of amides is 1. The van der Waals surface area contributed by atoms with Gasteiger partial charge in [0.25, 0.3) is 0 Å². The van der Waals surface area contributed by atoms with Gasteiger partial charge in [0, 0.05) is 17.7 Å². The van der Waals surface area contributed by atoms with E-state index in [-0.39, 0.29) is 31.1 Å². The van der Waals surface area contributed by atoms with E-state index in [4.69, 9.17) is 4.74 Å². The predicted octanol–water partition coefficient (Wildman–Crippen LogP) is 3.14. The van der Waals surface area contributed by atoms with E-state index in [1.54, 1.807) is 36.4 Å². The van der Waals surface area contributed by atoms with Gasteiger partial charge in [0.2, 0.25) is 5.91 Å². The third-order valence-electron chi connectivity index (χ3n) is 3.32. The number of nitrogens with one attached hydrogen (secondary N) is 1. The second-order valence-electron chi connectivity index (χ2n) is 5.37. The maximum absolute atomic E-state index is 11.8. The van der Waals surface area contributed by atoms with E-state index in [2.05, 4.69) is 5.32 Å². The van der Waals surface area contributed by atoms with Crippen molar-refractivity contribution in [3.8, 4) is 0 Å². The molecule has 0 saturated heterocycles. The average Bonchev–Trinajstić information content (AvgIpc) is 2.58. The van der Waals surface area contributed by atoms with Gasteiger partial charge in [-0.1, -0.05) is 42.5 Å². The SMILES string of the molecule is Cc1cccc(NC(=O)CCC(=O)OCC(=O)c2ccccc2)c1. The van der Waals surface area contributed by atoms with Gasteiger partial charge in [-0.15, -0.1) is 0 Å². The summed E-state index contributed by atoms with van der Waals surface area (Å²) in [5.41, 5.74) is 2.21. The fraction of sp³-hybridized carbons (Fsp3) is 0.211. The minimum Gasteiger partial charge on any atom is -0.457 e. The summed E-state index contributed by atoms with van der Waals surface area (Å²) in [5, 5.41) is 2.72. The van der Waals surface area contributed by atoms with Crippen LogP contribution in [0.5, 0.6) is 0 Å². The molecule has 2 rings (SSSR count). The van der Waals surface area contributed by atoms with E-state index in [9.17, 15) is 14.4 Å². The first-order valence-electron chi connectivity index (χ1n) is 7.65. The molecule has 2 aromatic carbocycles. The Morgan fingerprint density at radius 1 is 0.958 bits per heavy atom. The van der Waals surface area contributed by atoms with Crippen molar-refractivity contribution in [2.45, 2.75) is 19.8 Å². The zero-order valence-electron chi connectivity index (χ0n) is 13.5. The van der Waals surface area contributed by atoms with Crippen LogP contribution >= 0.6 is 0 Å². The van der Waals surface area contributed by atoms with Crippen molar-refractivity contribution in [2.75, 3.05) is 11.9 Å². The maximum atomic E-state index is 11.8. The summed E-state index contributed by atoms with van der Waals surface area (Å²) in [7, 11) is 0. The first-order chi connectivity index (χ1) is 11.5. The number of Topliss-reactive ketones (excluding diaryl/α,β-unsaturated/α-hetero) is 1. The fourth-order valence-electron chi connectivity index (χ4n) is 2.09. The Morgan fingerprint density at radius 3 is 2.42 bits per heavy atom. The van der Waals surface area contributed by atoms with Crippen LogP contribution < -0.4 is 5.32 Å². The predicted molar refractivity (Wildman–Crippen MR) is 90.8 cm³/mol. The van der Waals surface area contributed by atoms with Crippen LogP contribution in [0.25, 0.3) is 0 Å². The summed E-state index contributed by atoms with van der Waals surface area (Å²) in [6.07, 6.45) is -0.0635. The molecule has 0 fully saturated rings. The Labute approximate surface area is 140 Å². The summed E-state index contributed by atoms with van der Waals surface area (Å²) in [6.45, 7) is 1.61. The molecule has 5 nitrogen and oxygen atoms in total. The minimum absolute atomic E-state index is 0.00625. The molecule has 0 spiro atoms. The van der Waals surface area contributed by atoms with Gasteiger partial charge in [0.15, 0.2) is 12.4 Å². The fourth-order valence-corrected chi connectivity index (χ4v) is 2.09. The van der Waals surface area contributed by atoms with Crippen molar-refractivity contribution in [3.05, 3.63) is 65.7 Å². The number of hydrogen-bond acceptors (Lipinski definition) is 4. The van der Waals surface area contributed by atoms with Crippen LogP contribution in [0.1, 0.15) is 28.8 Å². The lowest BCUT2D eigenvalue weighted by atomic mass is 10.1. The van der Waals surface area contributed by atoms with Crippen LogP contribution in [0.2, 0.25) is 0 Å². The van der Waals surface area contributed by atoms with Crippen LogP contribution in [-0.2, 0) is 14.3 Å². The van der Waals surface area contributed by atoms with Gasteiger partial charge in [-0.05, 0) is 24.6 Å². The molecule has 0 saturated carbocycles. The zero-order valence-corrected chi connectivity index (χ0v) is 13.5. The van der Waals surface area contributed by atoms with E-state index in [0.29, 0.717) is 11.3 Å². The second kappa shape index (κ2) is 8.62. The molecule has 1 N–H and O–H groups in total. The first kappa shape index (κ1) is 17.4. The standard InChI is InChI=1S/C19H19NO4/c1-14-6-5-9-16(12-14)20-18(22)10-11-19(23)24-13-17(21)15-7-3-2-4-8-15/h2-9,12H,10-11,13H2,1H3,(H,20,22). The molecule has 1 amide bonds. The van der Waals surface area contributed by atoms with Crippen LogP contribution in [-0.4, -0.2) is 24.3 Å². The molecule has 0 atom stereocenters. The normalized spacial score (nSPS) is 10.0. The van der Waals surface area contributed by atoms with Crippen molar-refractivity contribution in [1.29, 1.82) is 0 Å². The number of anilines is 1. The maximum Gasteiger partial charge on any atom is 0.306 e. The molecule has 0 aliphatic carbocycles. The molecule has 0 heterocycles. The van der Waals surface area contributed by atoms with Gasteiger partial charge in [-0.2, -0.15) is 0 Å². The molecule has 0 aliphatic rings. The van der Waals surface area contributed by atoms with Gasteiger partial charge < -0.3 is 10.1 Å². The average molecular weight is 325 g/mol. The molecule has 124 valence electrons. The molecule has 5 heteroatoms. The lowest BCUT2D eigenvalue weighted by Gasteiger charge is -2.06. The first-order valence-corrected chi connectivity index (χ1v) is 7.65. The van der Waals surface area contributed by atoms with Crippen LogP contribution in [0.4, 0.5) is 5.69 Å². The van der Waals surface area contributed by atoms with E-state index < -0.39 is 5.97 Å². The molecular weight excluding hydrogens is 306 g/mol.